The van der Waals surface area contributed by atoms with Gasteiger partial charge in [0, 0.05) is 0 Å². The minimum atomic E-state index is -0.794. The number of hydrogen-bond donors (Lipinski definition) is 0. The van der Waals surface area contributed by atoms with Gasteiger partial charge in [0.05, 0.1) is 13.2 Å². The molecule has 0 radical (unpaired) electrons. The molecule has 0 aromatic heterocycles. The number of ether oxygens (including phenoxy) is 2. The maximum absolute atomic E-state index is 12.1. The first-order chi connectivity index (χ1) is 11.0. The van der Waals surface area contributed by atoms with Crippen LogP contribution in [0, 0.1) is 17.8 Å². The average Bonchev–Trinajstić information content (AvgIpc) is 2.47. The predicted molar refractivity (Wildman–Crippen MR) is 93.1 cm³/mol. The van der Waals surface area contributed by atoms with Crippen LogP contribution in [0.2, 0.25) is 0 Å². The third-order valence-corrected chi connectivity index (χ3v) is 4.22. The molecule has 0 amide bonds. The molecule has 0 aromatic carbocycles. The van der Waals surface area contributed by atoms with Crippen LogP contribution in [0.4, 0.5) is 0 Å². The van der Waals surface area contributed by atoms with Gasteiger partial charge in [0.15, 0.2) is 5.92 Å². The normalized spacial score (nSPS) is 13.7. The van der Waals surface area contributed by atoms with E-state index in [0.717, 1.165) is 12.8 Å². The Balaban J connectivity index is 4.42. The Morgan fingerprint density at radius 2 is 1.35 bits per heavy atom. The molecule has 0 aliphatic heterocycles. The summed E-state index contributed by atoms with van der Waals surface area (Å²) in [6, 6.07) is 0. The molecular formula is C19H36O4. The zero-order valence-corrected chi connectivity index (χ0v) is 15.7. The highest BCUT2D eigenvalue weighted by molar-refractivity contribution is 5.95. The smallest absolute Gasteiger partial charge is 0.320 e. The molecule has 0 heterocycles. The molecule has 4 nitrogen and oxygen atoms in total. The molecule has 0 rings (SSSR count). The fourth-order valence-electron chi connectivity index (χ4n) is 3.01. The van der Waals surface area contributed by atoms with Crippen molar-refractivity contribution in [3.8, 4) is 0 Å². The van der Waals surface area contributed by atoms with Crippen molar-refractivity contribution >= 4 is 11.9 Å². The molecule has 2 unspecified atom stereocenters. The Labute approximate surface area is 142 Å². The highest BCUT2D eigenvalue weighted by Crippen LogP contribution is 2.26. The summed E-state index contributed by atoms with van der Waals surface area (Å²) >= 11 is 0. The van der Waals surface area contributed by atoms with Crippen LogP contribution < -0.4 is 0 Å². The van der Waals surface area contributed by atoms with E-state index in [1.54, 1.807) is 13.8 Å². The van der Waals surface area contributed by atoms with E-state index in [1.807, 2.05) is 6.92 Å². The average molecular weight is 328 g/mol. The molecule has 0 saturated carbocycles. The standard InChI is InChI=1S/C19H36O4/c1-6-9-10-11-12-13-15(4)14-16(5)17(18(20)22-7-2)19(21)23-8-3/h15-17H,6-14H2,1-5H3. The van der Waals surface area contributed by atoms with E-state index in [1.165, 1.54) is 32.1 Å². The first kappa shape index (κ1) is 21.9. The summed E-state index contributed by atoms with van der Waals surface area (Å²) in [5.41, 5.74) is 0. The Hall–Kier alpha value is -1.06. The van der Waals surface area contributed by atoms with Crippen LogP contribution in [0.25, 0.3) is 0 Å². The van der Waals surface area contributed by atoms with Crippen molar-refractivity contribution in [2.45, 2.75) is 79.6 Å². The van der Waals surface area contributed by atoms with Gasteiger partial charge in [-0.05, 0) is 32.1 Å². The minimum absolute atomic E-state index is 0.0567. The highest BCUT2D eigenvalue weighted by Gasteiger charge is 2.35. The quantitative estimate of drug-likeness (QED) is 0.278. The van der Waals surface area contributed by atoms with E-state index in [0.29, 0.717) is 5.92 Å². The molecule has 0 N–H and O–H groups in total. The molecule has 0 saturated heterocycles. The molecule has 4 heteroatoms. The SMILES string of the molecule is CCCCCCCC(C)CC(C)C(C(=O)OCC)C(=O)OCC. The third kappa shape index (κ3) is 9.62. The van der Waals surface area contributed by atoms with E-state index in [4.69, 9.17) is 9.47 Å². The number of rotatable bonds is 13. The van der Waals surface area contributed by atoms with Gasteiger partial charge in [0.1, 0.15) is 0 Å². The number of hydrogen-bond acceptors (Lipinski definition) is 4. The lowest BCUT2D eigenvalue weighted by molar-refractivity contribution is -0.164. The molecule has 136 valence electrons. The van der Waals surface area contributed by atoms with Crippen molar-refractivity contribution in [3.05, 3.63) is 0 Å². The second kappa shape index (κ2) is 13.4. The summed E-state index contributed by atoms with van der Waals surface area (Å²) in [6.07, 6.45) is 8.34. The van der Waals surface area contributed by atoms with Gasteiger partial charge in [0.2, 0.25) is 0 Å². The van der Waals surface area contributed by atoms with Gasteiger partial charge >= 0.3 is 11.9 Å². The monoisotopic (exact) mass is 328 g/mol. The van der Waals surface area contributed by atoms with E-state index in [9.17, 15) is 9.59 Å². The fraction of sp³-hybridized carbons (Fsp3) is 0.895. The fourth-order valence-corrected chi connectivity index (χ4v) is 3.01. The van der Waals surface area contributed by atoms with Crippen molar-refractivity contribution < 1.29 is 19.1 Å². The number of carbonyl (C=O) groups excluding carboxylic acids is 2. The summed E-state index contributed by atoms with van der Waals surface area (Å²) < 4.78 is 10.1. The van der Waals surface area contributed by atoms with Crippen molar-refractivity contribution in [2.24, 2.45) is 17.8 Å². The second-order valence-corrected chi connectivity index (χ2v) is 6.50. The largest absolute Gasteiger partial charge is 0.465 e. The Kier molecular flexibility index (Phi) is 12.8. The summed E-state index contributed by atoms with van der Waals surface area (Å²) in [5.74, 6) is -1.25. The predicted octanol–water partition coefficient (Wildman–Crippen LogP) is 4.75. The van der Waals surface area contributed by atoms with Crippen molar-refractivity contribution in [2.75, 3.05) is 13.2 Å². The molecule has 0 aromatic rings. The van der Waals surface area contributed by atoms with Gasteiger partial charge in [-0.15, -0.1) is 0 Å². The molecule has 0 bridgehead atoms. The van der Waals surface area contributed by atoms with E-state index < -0.39 is 17.9 Å². The molecular weight excluding hydrogens is 292 g/mol. The molecule has 0 spiro atoms. The summed E-state index contributed by atoms with van der Waals surface area (Å²) in [7, 11) is 0. The zero-order chi connectivity index (χ0) is 17.7. The van der Waals surface area contributed by atoms with Crippen LogP contribution in [0.5, 0.6) is 0 Å². The van der Waals surface area contributed by atoms with Gasteiger partial charge in [0.25, 0.3) is 0 Å². The van der Waals surface area contributed by atoms with Crippen LogP contribution in [-0.2, 0) is 19.1 Å². The topological polar surface area (TPSA) is 52.6 Å². The third-order valence-electron chi connectivity index (χ3n) is 4.22. The highest BCUT2D eigenvalue weighted by atomic mass is 16.6. The Morgan fingerprint density at radius 3 is 1.83 bits per heavy atom. The lowest BCUT2D eigenvalue weighted by Crippen LogP contribution is -2.34. The molecule has 0 aliphatic rings. The summed E-state index contributed by atoms with van der Waals surface area (Å²) in [6.45, 7) is 10.4. The molecule has 0 aliphatic carbocycles. The van der Waals surface area contributed by atoms with Crippen molar-refractivity contribution in [1.29, 1.82) is 0 Å². The van der Waals surface area contributed by atoms with Crippen LogP contribution in [0.3, 0.4) is 0 Å². The number of unbranched alkanes of at least 4 members (excludes halogenated alkanes) is 4. The minimum Gasteiger partial charge on any atom is -0.465 e. The van der Waals surface area contributed by atoms with Gasteiger partial charge in [-0.1, -0.05) is 59.3 Å². The van der Waals surface area contributed by atoms with Crippen LogP contribution in [-0.4, -0.2) is 25.2 Å². The zero-order valence-electron chi connectivity index (χ0n) is 15.7. The van der Waals surface area contributed by atoms with Crippen molar-refractivity contribution in [1.82, 2.24) is 0 Å². The van der Waals surface area contributed by atoms with Gasteiger partial charge in [-0.25, -0.2) is 0 Å². The molecule has 0 fully saturated rings. The second-order valence-electron chi connectivity index (χ2n) is 6.50. The Morgan fingerprint density at radius 1 is 0.826 bits per heavy atom. The summed E-state index contributed by atoms with van der Waals surface area (Å²) in [5, 5.41) is 0. The van der Waals surface area contributed by atoms with Crippen LogP contribution >= 0.6 is 0 Å². The maximum atomic E-state index is 12.1. The number of esters is 2. The van der Waals surface area contributed by atoms with Gasteiger partial charge in [-0.2, -0.15) is 0 Å². The lowest BCUT2D eigenvalue weighted by atomic mass is 9.84. The summed E-state index contributed by atoms with van der Waals surface area (Å²) in [4.78, 5) is 24.2. The molecule has 23 heavy (non-hydrogen) atoms. The lowest BCUT2D eigenvalue weighted by Gasteiger charge is -2.23. The van der Waals surface area contributed by atoms with Gasteiger partial charge in [-0.3, -0.25) is 9.59 Å². The first-order valence-electron chi connectivity index (χ1n) is 9.31. The van der Waals surface area contributed by atoms with Crippen LogP contribution in [0.15, 0.2) is 0 Å². The first-order valence-corrected chi connectivity index (χ1v) is 9.31. The molecule has 2 atom stereocenters. The van der Waals surface area contributed by atoms with E-state index >= 15 is 0 Å². The van der Waals surface area contributed by atoms with Crippen molar-refractivity contribution in [3.63, 3.8) is 0 Å². The van der Waals surface area contributed by atoms with E-state index in [2.05, 4.69) is 13.8 Å². The van der Waals surface area contributed by atoms with Crippen LogP contribution in [0.1, 0.15) is 79.6 Å². The van der Waals surface area contributed by atoms with Gasteiger partial charge < -0.3 is 9.47 Å². The van der Waals surface area contributed by atoms with E-state index in [-0.39, 0.29) is 19.1 Å². The number of carbonyl (C=O) groups is 2. The Bertz CT molecular complexity index is 309. The maximum Gasteiger partial charge on any atom is 0.320 e.